The molecule has 0 aliphatic heterocycles. The van der Waals surface area contributed by atoms with E-state index in [4.69, 9.17) is 26.6 Å². The van der Waals surface area contributed by atoms with Crippen LogP contribution in [0.25, 0.3) is 0 Å². The number of hydrogen-bond acceptors (Lipinski definition) is 5. The lowest BCUT2D eigenvalue weighted by molar-refractivity contribution is 0.295. The zero-order valence-electron chi connectivity index (χ0n) is 13.1. The maximum atomic E-state index is 10.5. The molecule has 0 bridgehead atoms. The van der Waals surface area contributed by atoms with Crippen LogP contribution in [0, 0.1) is 6.92 Å². The van der Waals surface area contributed by atoms with E-state index in [1.165, 1.54) is 12.1 Å². The lowest BCUT2D eigenvalue weighted by atomic mass is 10.2. The third-order valence-corrected chi connectivity index (χ3v) is 4.60. The first kappa shape index (κ1) is 20.9. The number of benzene rings is 1. The number of halogens is 2. The Kier molecular flexibility index (Phi) is 8.11. The Hall–Kier alpha value is -1.19. The minimum absolute atomic E-state index is 0.00875. The second-order valence-corrected chi connectivity index (χ2v) is 7.65. The molecule has 0 aliphatic rings. The van der Waals surface area contributed by atoms with Gasteiger partial charge in [0.05, 0.1) is 15.6 Å². The van der Waals surface area contributed by atoms with Crippen LogP contribution < -0.4 is 10.5 Å². The zero-order chi connectivity index (χ0) is 18.3. The van der Waals surface area contributed by atoms with Crippen molar-refractivity contribution >= 4 is 37.6 Å². The number of ether oxygens (including phenoxy) is 1. The molecule has 0 unspecified atom stereocenters. The van der Waals surface area contributed by atoms with Gasteiger partial charge >= 0.3 is 0 Å². The van der Waals surface area contributed by atoms with E-state index < -0.39 is 10.1 Å². The maximum absolute atomic E-state index is 10.5. The summed E-state index contributed by atoms with van der Waals surface area (Å²) < 4.78 is 35.6. The van der Waals surface area contributed by atoms with Crippen molar-refractivity contribution in [3.63, 3.8) is 0 Å². The van der Waals surface area contributed by atoms with E-state index in [0.29, 0.717) is 17.5 Å². The highest BCUT2D eigenvalue weighted by atomic mass is 79.9. The van der Waals surface area contributed by atoms with E-state index in [9.17, 15) is 8.42 Å². The molecule has 0 aliphatic carbocycles. The molecule has 0 spiro atoms. The molecule has 2 rings (SSSR count). The van der Waals surface area contributed by atoms with Gasteiger partial charge in [0.1, 0.15) is 17.5 Å². The maximum Gasteiger partial charge on any atom is 0.294 e. The number of pyridine rings is 1. The monoisotopic (exact) mass is 436 g/mol. The van der Waals surface area contributed by atoms with Gasteiger partial charge < -0.3 is 10.5 Å². The van der Waals surface area contributed by atoms with Crippen molar-refractivity contribution in [2.75, 3.05) is 6.61 Å². The molecule has 1 heterocycles. The highest BCUT2D eigenvalue weighted by Gasteiger charge is 2.06. The summed E-state index contributed by atoms with van der Waals surface area (Å²) in [4.78, 5) is 3.84. The van der Waals surface area contributed by atoms with Crippen molar-refractivity contribution in [3.8, 4) is 5.75 Å². The van der Waals surface area contributed by atoms with E-state index in [1.54, 1.807) is 24.4 Å². The van der Waals surface area contributed by atoms with Crippen LogP contribution in [0.15, 0.2) is 45.9 Å². The topological polar surface area (TPSA) is 103 Å². The fraction of sp³-hybridized carbons (Fsp3) is 0.267. The summed E-state index contributed by atoms with van der Waals surface area (Å²) >= 11 is 8.95. The van der Waals surface area contributed by atoms with Crippen molar-refractivity contribution in [3.05, 3.63) is 51.7 Å². The van der Waals surface area contributed by atoms with Crippen molar-refractivity contribution in [2.24, 2.45) is 5.73 Å². The quantitative estimate of drug-likeness (QED) is 0.561. The van der Waals surface area contributed by atoms with E-state index in [2.05, 4.69) is 20.9 Å². The summed E-state index contributed by atoms with van der Waals surface area (Å²) in [6.45, 7) is 4.18. The standard InChI is InChI=1S/C8H10BrClN2O.C7H8O3S/c1-5(11)4-13-6-2-7(9)8(10)12-3-6;1-6-2-4-7(5-3-6)11(8,9)10/h2-3,5H,4,11H2,1H3;2-5H,1H3,(H,8,9,10)/t5-;/m1./s1. The van der Waals surface area contributed by atoms with Gasteiger partial charge in [-0.05, 0) is 48.0 Å². The highest BCUT2D eigenvalue weighted by molar-refractivity contribution is 9.10. The predicted molar refractivity (Wildman–Crippen MR) is 97.1 cm³/mol. The number of nitrogens with two attached hydrogens (primary N) is 1. The first-order valence-corrected chi connectivity index (χ1v) is 9.44. The Morgan fingerprint density at radius 1 is 1.38 bits per heavy atom. The molecule has 24 heavy (non-hydrogen) atoms. The summed E-state index contributed by atoms with van der Waals surface area (Å²) in [6, 6.07) is 7.76. The van der Waals surface area contributed by atoms with Crippen LogP contribution >= 0.6 is 27.5 Å². The fourth-order valence-corrected chi connectivity index (χ4v) is 2.33. The molecule has 0 amide bonds. The van der Waals surface area contributed by atoms with Gasteiger partial charge in [-0.2, -0.15) is 8.42 Å². The Balaban J connectivity index is 0.000000243. The Morgan fingerprint density at radius 3 is 2.42 bits per heavy atom. The van der Waals surface area contributed by atoms with Gasteiger partial charge in [0, 0.05) is 6.04 Å². The Bertz CT molecular complexity index is 768. The van der Waals surface area contributed by atoms with Crippen LogP contribution in [0.2, 0.25) is 5.15 Å². The van der Waals surface area contributed by atoms with Crippen LogP contribution in [-0.2, 0) is 10.1 Å². The van der Waals surface area contributed by atoms with Gasteiger partial charge in [-0.1, -0.05) is 29.3 Å². The molecule has 132 valence electrons. The Labute approximate surface area is 154 Å². The molecule has 3 N–H and O–H groups in total. The van der Waals surface area contributed by atoms with Crippen LogP contribution in [-0.4, -0.2) is 30.6 Å². The Morgan fingerprint density at radius 2 is 1.96 bits per heavy atom. The summed E-state index contributed by atoms with van der Waals surface area (Å²) in [5.41, 5.74) is 6.48. The summed E-state index contributed by atoms with van der Waals surface area (Å²) in [5.74, 6) is 0.661. The second kappa shape index (κ2) is 9.33. The molecule has 1 aromatic carbocycles. The van der Waals surface area contributed by atoms with E-state index in [1.807, 2.05) is 13.8 Å². The van der Waals surface area contributed by atoms with Crippen molar-refractivity contribution in [1.82, 2.24) is 4.98 Å². The largest absolute Gasteiger partial charge is 0.490 e. The van der Waals surface area contributed by atoms with Gasteiger partial charge in [-0.25, -0.2) is 4.98 Å². The molecule has 2 aromatic rings. The number of aryl methyl sites for hydroxylation is 1. The van der Waals surface area contributed by atoms with Crippen molar-refractivity contribution in [2.45, 2.75) is 24.8 Å². The molecule has 0 fully saturated rings. The van der Waals surface area contributed by atoms with E-state index in [0.717, 1.165) is 10.0 Å². The van der Waals surface area contributed by atoms with Crippen molar-refractivity contribution < 1.29 is 17.7 Å². The van der Waals surface area contributed by atoms with Crippen LogP contribution in [0.3, 0.4) is 0 Å². The fourth-order valence-electron chi connectivity index (χ4n) is 1.42. The summed E-state index contributed by atoms with van der Waals surface area (Å²) in [6.07, 6.45) is 1.56. The lowest BCUT2D eigenvalue weighted by Crippen LogP contribution is -2.23. The third-order valence-electron chi connectivity index (χ3n) is 2.60. The number of nitrogens with zero attached hydrogens (tertiary/aromatic N) is 1. The normalized spacial score (nSPS) is 12.1. The van der Waals surface area contributed by atoms with Gasteiger partial charge in [0.25, 0.3) is 10.1 Å². The highest BCUT2D eigenvalue weighted by Crippen LogP contribution is 2.24. The number of rotatable bonds is 4. The molecule has 9 heteroatoms. The summed E-state index contributed by atoms with van der Waals surface area (Å²) in [7, 11) is -4.02. The van der Waals surface area contributed by atoms with Crippen molar-refractivity contribution in [1.29, 1.82) is 0 Å². The minimum atomic E-state index is -4.02. The average molecular weight is 438 g/mol. The molecule has 0 saturated carbocycles. The molecule has 0 saturated heterocycles. The SMILES string of the molecule is C[C@@H](N)COc1cnc(Cl)c(Br)c1.Cc1ccc(S(=O)(=O)O)cc1. The van der Waals surface area contributed by atoms with Crippen LogP contribution in [0.4, 0.5) is 0 Å². The molecular weight excluding hydrogens is 420 g/mol. The second-order valence-electron chi connectivity index (χ2n) is 5.02. The molecule has 1 atom stereocenters. The summed E-state index contributed by atoms with van der Waals surface area (Å²) in [5, 5.41) is 0.424. The number of aromatic nitrogens is 1. The average Bonchev–Trinajstić information content (AvgIpc) is 2.48. The molecule has 6 nitrogen and oxygen atoms in total. The van der Waals surface area contributed by atoms with Gasteiger partial charge in [-0.15, -0.1) is 0 Å². The first-order valence-electron chi connectivity index (χ1n) is 6.83. The van der Waals surface area contributed by atoms with Gasteiger partial charge in [0.15, 0.2) is 0 Å². The number of hydrogen-bond donors (Lipinski definition) is 2. The van der Waals surface area contributed by atoms with E-state index >= 15 is 0 Å². The predicted octanol–water partition coefficient (Wildman–Crippen LogP) is 3.47. The van der Waals surface area contributed by atoms with Crippen LogP contribution in [0.5, 0.6) is 5.75 Å². The van der Waals surface area contributed by atoms with Gasteiger partial charge in [-0.3, -0.25) is 4.55 Å². The van der Waals surface area contributed by atoms with Gasteiger partial charge in [0.2, 0.25) is 0 Å². The minimum Gasteiger partial charge on any atom is -0.490 e. The first-order chi connectivity index (χ1) is 11.1. The van der Waals surface area contributed by atoms with E-state index in [-0.39, 0.29) is 10.9 Å². The molecular formula is C15H18BrClN2O4S. The molecule has 1 aromatic heterocycles. The third kappa shape index (κ3) is 7.59. The smallest absolute Gasteiger partial charge is 0.294 e. The lowest BCUT2D eigenvalue weighted by Gasteiger charge is -2.08. The zero-order valence-corrected chi connectivity index (χ0v) is 16.3. The van der Waals surface area contributed by atoms with Crippen LogP contribution in [0.1, 0.15) is 12.5 Å². The molecule has 0 radical (unpaired) electrons.